The Hall–Kier alpha value is -0.730. The second-order valence-electron chi connectivity index (χ2n) is 3.97. The number of nitrogens with one attached hydrogen (secondary N) is 1. The molecule has 0 saturated heterocycles. The summed E-state index contributed by atoms with van der Waals surface area (Å²) >= 11 is 0. The Kier molecular flexibility index (Phi) is 3.58. The molecule has 0 aliphatic heterocycles. The molecule has 1 aliphatic carbocycles. The zero-order valence-corrected chi connectivity index (χ0v) is 8.56. The number of carbonyl (C=O) groups is 1. The smallest absolute Gasteiger partial charge is 0.407 e. The van der Waals surface area contributed by atoms with Crippen molar-refractivity contribution in [3.63, 3.8) is 0 Å². The topological polar surface area (TPSA) is 38.3 Å². The van der Waals surface area contributed by atoms with Crippen LogP contribution in [0.2, 0.25) is 0 Å². The van der Waals surface area contributed by atoms with Gasteiger partial charge in [0.05, 0.1) is 6.61 Å². The van der Waals surface area contributed by atoms with Crippen molar-refractivity contribution in [2.75, 3.05) is 6.61 Å². The first-order valence-corrected chi connectivity index (χ1v) is 5.11. The van der Waals surface area contributed by atoms with Gasteiger partial charge in [0, 0.05) is 5.54 Å². The SMILES string of the molecule is CCOC(=O)NC1(C)CCCCC1. The first-order chi connectivity index (χ1) is 6.16. The van der Waals surface area contributed by atoms with Crippen molar-refractivity contribution in [1.82, 2.24) is 5.32 Å². The molecule has 0 radical (unpaired) electrons. The van der Waals surface area contributed by atoms with Gasteiger partial charge in [0.1, 0.15) is 0 Å². The van der Waals surface area contributed by atoms with Crippen LogP contribution in [0.25, 0.3) is 0 Å². The summed E-state index contributed by atoms with van der Waals surface area (Å²) < 4.78 is 4.86. The van der Waals surface area contributed by atoms with Crippen LogP contribution in [0.15, 0.2) is 0 Å². The molecular formula is C10H19NO2. The Balaban J connectivity index is 2.36. The van der Waals surface area contributed by atoms with Gasteiger partial charge < -0.3 is 10.1 Å². The Bertz CT molecular complexity index is 174. The van der Waals surface area contributed by atoms with Crippen LogP contribution in [-0.4, -0.2) is 18.2 Å². The van der Waals surface area contributed by atoms with E-state index in [0.29, 0.717) is 6.61 Å². The van der Waals surface area contributed by atoms with Gasteiger partial charge in [-0.25, -0.2) is 4.79 Å². The van der Waals surface area contributed by atoms with E-state index in [1.54, 1.807) is 0 Å². The summed E-state index contributed by atoms with van der Waals surface area (Å²) in [6.07, 6.45) is 5.59. The lowest BCUT2D eigenvalue weighted by atomic mass is 9.83. The van der Waals surface area contributed by atoms with Crippen molar-refractivity contribution in [3.8, 4) is 0 Å². The molecule has 0 heterocycles. The van der Waals surface area contributed by atoms with Crippen LogP contribution in [0.4, 0.5) is 4.79 Å². The summed E-state index contributed by atoms with van der Waals surface area (Å²) in [4.78, 5) is 11.2. The lowest BCUT2D eigenvalue weighted by molar-refractivity contribution is 0.132. The number of carbonyl (C=O) groups excluding carboxylic acids is 1. The van der Waals surface area contributed by atoms with E-state index in [2.05, 4.69) is 12.2 Å². The number of hydrogen-bond acceptors (Lipinski definition) is 2. The van der Waals surface area contributed by atoms with Crippen molar-refractivity contribution in [2.24, 2.45) is 0 Å². The largest absolute Gasteiger partial charge is 0.450 e. The third-order valence-corrected chi connectivity index (χ3v) is 2.64. The van der Waals surface area contributed by atoms with E-state index in [4.69, 9.17) is 4.74 Å². The van der Waals surface area contributed by atoms with Gasteiger partial charge in [0.2, 0.25) is 0 Å². The van der Waals surface area contributed by atoms with Crippen molar-refractivity contribution in [2.45, 2.75) is 51.5 Å². The minimum Gasteiger partial charge on any atom is -0.450 e. The van der Waals surface area contributed by atoms with E-state index in [-0.39, 0.29) is 11.6 Å². The Morgan fingerprint density at radius 1 is 1.38 bits per heavy atom. The van der Waals surface area contributed by atoms with Crippen LogP contribution >= 0.6 is 0 Å². The van der Waals surface area contributed by atoms with Crippen LogP contribution in [-0.2, 0) is 4.74 Å². The van der Waals surface area contributed by atoms with Crippen molar-refractivity contribution < 1.29 is 9.53 Å². The molecular weight excluding hydrogens is 166 g/mol. The highest BCUT2D eigenvalue weighted by molar-refractivity contribution is 5.68. The second kappa shape index (κ2) is 4.49. The highest BCUT2D eigenvalue weighted by Gasteiger charge is 2.28. The summed E-state index contributed by atoms with van der Waals surface area (Å²) in [6.45, 7) is 4.37. The first-order valence-electron chi connectivity index (χ1n) is 5.11. The van der Waals surface area contributed by atoms with E-state index in [0.717, 1.165) is 12.8 Å². The molecule has 0 aromatic carbocycles. The molecule has 76 valence electrons. The lowest BCUT2D eigenvalue weighted by Crippen LogP contribution is -2.47. The fourth-order valence-electron chi connectivity index (χ4n) is 1.87. The number of hydrogen-bond donors (Lipinski definition) is 1. The molecule has 0 spiro atoms. The maximum absolute atomic E-state index is 11.2. The van der Waals surface area contributed by atoms with Crippen LogP contribution < -0.4 is 5.32 Å². The fraction of sp³-hybridized carbons (Fsp3) is 0.900. The molecule has 0 aromatic rings. The second-order valence-corrected chi connectivity index (χ2v) is 3.97. The maximum Gasteiger partial charge on any atom is 0.407 e. The molecule has 3 heteroatoms. The molecule has 1 N–H and O–H groups in total. The van der Waals surface area contributed by atoms with E-state index >= 15 is 0 Å². The van der Waals surface area contributed by atoms with Crippen LogP contribution in [0.1, 0.15) is 46.0 Å². The normalized spacial score (nSPS) is 20.8. The van der Waals surface area contributed by atoms with Gasteiger partial charge in [-0.2, -0.15) is 0 Å². The van der Waals surface area contributed by atoms with Crippen LogP contribution in [0.3, 0.4) is 0 Å². The molecule has 1 rings (SSSR count). The monoisotopic (exact) mass is 185 g/mol. The van der Waals surface area contributed by atoms with Gasteiger partial charge in [-0.05, 0) is 26.7 Å². The van der Waals surface area contributed by atoms with Gasteiger partial charge in [0.15, 0.2) is 0 Å². The molecule has 0 bridgehead atoms. The molecule has 1 fully saturated rings. The first kappa shape index (κ1) is 10.4. The molecule has 0 aromatic heterocycles. The van der Waals surface area contributed by atoms with Gasteiger partial charge >= 0.3 is 6.09 Å². The van der Waals surface area contributed by atoms with E-state index < -0.39 is 0 Å². The van der Waals surface area contributed by atoms with Crippen molar-refractivity contribution in [1.29, 1.82) is 0 Å². The van der Waals surface area contributed by atoms with Crippen molar-refractivity contribution in [3.05, 3.63) is 0 Å². The summed E-state index contributed by atoms with van der Waals surface area (Å²) in [6, 6.07) is 0. The summed E-state index contributed by atoms with van der Waals surface area (Å²) in [5.74, 6) is 0. The third kappa shape index (κ3) is 3.25. The Morgan fingerprint density at radius 3 is 2.54 bits per heavy atom. The standard InChI is InChI=1S/C10H19NO2/c1-3-13-9(12)11-10(2)7-5-4-6-8-10/h3-8H2,1-2H3,(H,11,12). The average Bonchev–Trinajstić information content (AvgIpc) is 2.04. The van der Waals surface area contributed by atoms with Gasteiger partial charge in [0.25, 0.3) is 0 Å². The van der Waals surface area contributed by atoms with Gasteiger partial charge in [-0.3, -0.25) is 0 Å². The predicted octanol–water partition coefficient (Wildman–Crippen LogP) is 2.46. The zero-order chi connectivity index (χ0) is 9.73. The van der Waals surface area contributed by atoms with Gasteiger partial charge in [-0.1, -0.05) is 19.3 Å². The van der Waals surface area contributed by atoms with E-state index in [1.807, 2.05) is 6.92 Å². The Morgan fingerprint density at radius 2 is 2.00 bits per heavy atom. The molecule has 1 amide bonds. The number of alkyl carbamates (subject to hydrolysis) is 1. The molecule has 1 saturated carbocycles. The molecule has 0 atom stereocenters. The molecule has 0 unspecified atom stereocenters. The van der Waals surface area contributed by atoms with Crippen molar-refractivity contribution >= 4 is 6.09 Å². The van der Waals surface area contributed by atoms with Crippen LogP contribution in [0.5, 0.6) is 0 Å². The number of ether oxygens (including phenoxy) is 1. The quantitative estimate of drug-likeness (QED) is 0.717. The maximum atomic E-state index is 11.2. The average molecular weight is 185 g/mol. The predicted molar refractivity (Wildman–Crippen MR) is 51.6 cm³/mol. The third-order valence-electron chi connectivity index (χ3n) is 2.64. The van der Waals surface area contributed by atoms with Gasteiger partial charge in [-0.15, -0.1) is 0 Å². The summed E-state index contributed by atoms with van der Waals surface area (Å²) in [5, 5.41) is 2.94. The molecule has 1 aliphatic rings. The fourth-order valence-corrected chi connectivity index (χ4v) is 1.87. The molecule has 13 heavy (non-hydrogen) atoms. The van der Waals surface area contributed by atoms with Crippen LogP contribution in [0, 0.1) is 0 Å². The number of amides is 1. The highest BCUT2D eigenvalue weighted by Crippen LogP contribution is 2.27. The highest BCUT2D eigenvalue weighted by atomic mass is 16.5. The minimum atomic E-state index is -0.271. The number of rotatable bonds is 2. The summed E-state index contributed by atoms with van der Waals surface area (Å²) in [5.41, 5.74) is -0.0233. The lowest BCUT2D eigenvalue weighted by Gasteiger charge is -2.33. The summed E-state index contributed by atoms with van der Waals surface area (Å²) in [7, 11) is 0. The Labute approximate surface area is 79.8 Å². The van der Waals surface area contributed by atoms with E-state index in [1.165, 1.54) is 19.3 Å². The van der Waals surface area contributed by atoms with E-state index in [9.17, 15) is 4.79 Å². The zero-order valence-electron chi connectivity index (χ0n) is 8.56. The molecule has 3 nitrogen and oxygen atoms in total. The minimum absolute atomic E-state index is 0.0233.